The van der Waals surface area contributed by atoms with E-state index in [0.29, 0.717) is 16.3 Å². The van der Waals surface area contributed by atoms with Crippen molar-refractivity contribution in [1.82, 2.24) is 5.43 Å². The van der Waals surface area contributed by atoms with E-state index in [0.717, 1.165) is 11.1 Å². The molecule has 0 fully saturated rings. The van der Waals surface area contributed by atoms with Crippen molar-refractivity contribution < 1.29 is 8.42 Å². The number of nitrogens with zero attached hydrogens (tertiary/aromatic N) is 2. The molecule has 1 aromatic rings. The molecule has 1 N–H and O–H groups in total. The van der Waals surface area contributed by atoms with Crippen LogP contribution in [0.25, 0.3) is 0 Å². The lowest BCUT2D eigenvalue weighted by Crippen LogP contribution is -2.41. The van der Waals surface area contributed by atoms with Crippen LogP contribution < -0.4 is 5.43 Å². The molecule has 0 saturated heterocycles. The van der Waals surface area contributed by atoms with E-state index in [1.807, 2.05) is 43.3 Å². The normalized spacial score (nSPS) is 28.6. The standard InChI is InChI=1S/C15H13N3O2S/c1-9-7-8-11-12-13(9)16-17-15(12)14(18-21(11,19)20)10-5-3-2-4-6-10/h2-8,12-13,16H,1H3. The monoisotopic (exact) mass is 299 g/mol. The summed E-state index contributed by atoms with van der Waals surface area (Å²) in [6, 6.07) is 9.22. The molecule has 2 aliphatic heterocycles. The quantitative estimate of drug-likeness (QED) is 0.856. The van der Waals surface area contributed by atoms with E-state index < -0.39 is 10.0 Å². The minimum atomic E-state index is -3.65. The van der Waals surface area contributed by atoms with Crippen molar-refractivity contribution in [2.45, 2.75) is 13.0 Å². The van der Waals surface area contributed by atoms with Crippen LogP contribution in [-0.2, 0) is 10.0 Å². The number of sulfonamides is 1. The molecule has 0 spiro atoms. The van der Waals surface area contributed by atoms with Gasteiger partial charge >= 0.3 is 0 Å². The zero-order valence-electron chi connectivity index (χ0n) is 11.3. The average Bonchev–Trinajstić information content (AvgIpc) is 2.91. The van der Waals surface area contributed by atoms with Gasteiger partial charge in [0.15, 0.2) is 0 Å². The SMILES string of the molecule is CC1=CC=C2C3C(=NNC13)C(c1ccccc1)=NS2(=O)=O. The van der Waals surface area contributed by atoms with Crippen LogP contribution >= 0.6 is 0 Å². The minimum absolute atomic E-state index is 0.0935. The number of hydrogen-bond acceptors (Lipinski definition) is 4. The number of rotatable bonds is 1. The molecule has 1 aromatic carbocycles. The summed E-state index contributed by atoms with van der Waals surface area (Å²) in [5.41, 5.74) is 6.05. The first-order valence-electron chi connectivity index (χ1n) is 6.70. The van der Waals surface area contributed by atoms with Gasteiger partial charge in [0.05, 0.1) is 22.6 Å². The van der Waals surface area contributed by atoms with Gasteiger partial charge in [-0.25, -0.2) is 0 Å². The fourth-order valence-corrected chi connectivity index (χ4v) is 4.34. The lowest BCUT2D eigenvalue weighted by atomic mass is 9.84. The van der Waals surface area contributed by atoms with Crippen molar-refractivity contribution in [2.75, 3.05) is 0 Å². The number of benzene rings is 1. The number of allylic oxidation sites excluding steroid dienone is 2. The first-order chi connectivity index (χ1) is 10.1. The third-order valence-electron chi connectivity index (χ3n) is 4.06. The molecule has 2 heterocycles. The van der Waals surface area contributed by atoms with Gasteiger partial charge in [0, 0.05) is 5.56 Å². The van der Waals surface area contributed by atoms with Crippen molar-refractivity contribution >= 4 is 21.4 Å². The second kappa shape index (κ2) is 4.14. The molecule has 5 nitrogen and oxygen atoms in total. The van der Waals surface area contributed by atoms with Crippen LogP contribution in [0.3, 0.4) is 0 Å². The zero-order chi connectivity index (χ0) is 14.6. The van der Waals surface area contributed by atoms with E-state index in [9.17, 15) is 8.42 Å². The second-order valence-corrected chi connectivity index (χ2v) is 6.95. The lowest BCUT2D eigenvalue weighted by molar-refractivity contribution is 0.565. The molecule has 3 aliphatic rings. The molecule has 2 atom stereocenters. The van der Waals surface area contributed by atoms with E-state index in [1.165, 1.54) is 0 Å². The first-order valence-corrected chi connectivity index (χ1v) is 8.14. The Bertz CT molecular complexity index is 848. The van der Waals surface area contributed by atoms with Crippen LogP contribution in [0.5, 0.6) is 0 Å². The maximum absolute atomic E-state index is 12.5. The summed E-state index contributed by atoms with van der Waals surface area (Å²) in [4.78, 5) is 0.335. The van der Waals surface area contributed by atoms with Gasteiger partial charge in [-0.3, -0.25) is 0 Å². The Morgan fingerprint density at radius 1 is 1.14 bits per heavy atom. The topological polar surface area (TPSA) is 70.9 Å². The van der Waals surface area contributed by atoms with E-state index in [2.05, 4.69) is 14.9 Å². The van der Waals surface area contributed by atoms with Gasteiger partial charge in [-0.05, 0) is 18.6 Å². The minimum Gasteiger partial charge on any atom is -0.301 e. The highest BCUT2D eigenvalue weighted by Gasteiger charge is 2.47. The highest BCUT2D eigenvalue weighted by molar-refractivity contribution is 7.94. The summed E-state index contributed by atoms with van der Waals surface area (Å²) in [6.07, 6.45) is 3.47. The molecule has 0 radical (unpaired) electrons. The summed E-state index contributed by atoms with van der Waals surface area (Å²) in [6.45, 7) is 1.98. The van der Waals surface area contributed by atoms with Gasteiger partial charge in [0.2, 0.25) is 0 Å². The first kappa shape index (κ1) is 12.5. The zero-order valence-corrected chi connectivity index (χ0v) is 12.1. The van der Waals surface area contributed by atoms with E-state index in [1.54, 1.807) is 6.08 Å². The molecular weight excluding hydrogens is 286 g/mol. The van der Waals surface area contributed by atoms with Crippen LogP contribution in [0.1, 0.15) is 12.5 Å². The third kappa shape index (κ3) is 1.72. The Kier molecular flexibility index (Phi) is 2.47. The van der Waals surface area contributed by atoms with Gasteiger partial charge in [-0.2, -0.15) is 17.9 Å². The number of hydrogen-bond donors (Lipinski definition) is 1. The van der Waals surface area contributed by atoms with Crippen molar-refractivity contribution in [1.29, 1.82) is 0 Å². The highest BCUT2D eigenvalue weighted by atomic mass is 32.2. The van der Waals surface area contributed by atoms with E-state index in [-0.39, 0.29) is 12.0 Å². The number of hydrazone groups is 1. The van der Waals surface area contributed by atoms with Gasteiger partial charge in [0.25, 0.3) is 10.0 Å². The molecule has 106 valence electrons. The Balaban J connectivity index is 1.96. The third-order valence-corrected chi connectivity index (χ3v) is 5.47. The summed E-state index contributed by atoms with van der Waals surface area (Å²) in [5.74, 6) is -0.271. The largest absolute Gasteiger partial charge is 0.301 e. The Hall–Kier alpha value is -2.21. The Labute approximate surface area is 122 Å². The molecule has 0 amide bonds. The fourth-order valence-electron chi connectivity index (χ4n) is 2.99. The van der Waals surface area contributed by atoms with Gasteiger partial charge in [0.1, 0.15) is 5.71 Å². The molecule has 0 bridgehead atoms. The summed E-state index contributed by atoms with van der Waals surface area (Å²) >= 11 is 0. The van der Waals surface area contributed by atoms with Crippen molar-refractivity contribution in [3.8, 4) is 0 Å². The smallest absolute Gasteiger partial charge is 0.279 e. The van der Waals surface area contributed by atoms with Crippen LogP contribution in [0, 0.1) is 5.92 Å². The van der Waals surface area contributed by atoms with Crippen LogP contribution in [-0.4, -0.2) is 25.9 Å². The van der Waals surface area contributed by atoms with Crippen LogP contribution in [0.15, 0.2) is 62.5 Å². The molecule has 1 aliphatic carbocycles. The van der Waals surface area contributed by atoms with Crippen molar-refractivity contribution in [3.63, 3.8) is 0 Å². The molecule has 6 heteroatoms. The van der Waals surface area contributed by atoms with Crippen LogP contribution in [0.4, 0.5) is 0 Å². The number of nitrogens with one attached hydrogen (secondary N) is 1. The molecule has 4 rings (SSSR count). The Morgan fingerprint density at radius 2 is 1.90 bits per heavy atom. The van der Waals surface area contributed by atoms with Crippen LogP contribution in [0.2, 0.25) is 0 Å². The van der Waals surface area contributed by atoms with Crippen molar-refractivity contribution in [3.05, 3.63) is 58.5 Å². The van der Waals surface area contributed by atoms with Gasteiger partial charge in [-0.1, -0.05) is 36.4 Å². The maximum Gasteiger partial charge on any atom is 0.279 e. The molecule has 21 heavy (non-hydrogen) atoms. The van der Waals surface area contributed by atoms with Gasteiger partial charge in [-0.15, -0.1) is 0 Å². The predicted molar refractivity (Wildman–Crippen MR) is 81.6 cm³/mol. The molecule has 2 unspecified atom stereocenters. The Morgan fingerprint density at radius 3 is 2.67 bits per heavy atom. The fraction of sp³-hybridized carbons (Fsp3) is 0.200. The molecular formula is C15H13N3O2S. The average molecular weight is 299 g/mol. The second-order valence-electron chi connectivity index (χ2n) is 5.34. The summed E-state index contributed by atoms with van der Waals surface area (Å²) in [5, 5.41) is 4.36. The molecule has 0 aromatic heterocycles. The highest BCUT2D eigenvalue weighted by Crippen LogP contribution is 2.38. The summed E-state index contributed by atoms with van der Waals surface area (Å²) < 4.78 is 28.9. The molecule has 0 saturated carbocycles. The van der Waals surface area contributed by atoms with E-state index in [4.69, 9.17) is 0 Å². The summed E-state index contributed by atoms with van der Waals surface area (Å²) in [7, 11) is -3.65. The van der Waals surface area contributed by atoms with Crippen molar-refractivity contribution in [2.24, 2.45) is 15.4 Å². The maximum atomic E-state index is 12.5. The predicted octanol–water partition coefficient (Wildman–Crippen LogP) is 1.61. The van der Waals surface area contributed by atoms with E-state index >= 15 is 0 Å². The van der Waals surface area contributed by atoms with Gasteiger partial charge < -0.3 is 5.43 Å². The lowest BCUT2D eigenvalue weighted by Gasteiger charge is -2.29.